The van der Waals surface area contributed by atoms with E-state index in [1.54, 1.807) is 0 Å². The summed E-state index contributed by atoms with van der Waals surface area (Å²) in [4.78, 5) is 20.0. The zero-order chi connectivity index (χ0) is 21.7. The van der Waals surface area contributed by atoms with Crippen molar-refractivity contribution in [3.63, 3.8) is 0 Å². The molecule has 160 valence electrons. The van der Waals surface area contributed by atoms with Crippen molar-refractivity contribution in [1.29, 1.82) is 0 Å². The second kappa shape index (κ2) is 7.89. The van der Waals surface area contributed by atoms with Crippen LogP contribution >= 0.6 is 15.9 Å². The van der Waals surface area contributed by atoms with Gasteiger partial charge in [-0.25, -0.2) is 4.98 Å². The fourth-order valence-corrected chi connectivity index (χ4v) is 5.13. The Hall–Kier alpha value is -2.48. The molecule has 6 nitrogen and oxygen atoms in total. The van der Waals surface area contributed by atoms with Gasteiger partial charge in [-0.3, -0.25) is 4.79 Å². The van der Waals surface area contributed by atoms with Gasteiger partial charge in [0.05, 0.1) is 37.5 Å². The maximum atomic E-state index is 13.6. The predicted molar refractivity (Wildman–Crippen MR) is 123 cm³/mol. The minimum atomic E-state index is -0.122. The number of ether oxygens (including phenoxy) is 2. The summed E-state index contributed by atoms with van der Waals surface area (Å²) >= 11 is 3.53. The molecule has 2 atom stereocenters. The number of hydrogen-bond acceptors (Lipinski definition) is 5. The van der Waals surface area contributed by atoms with Crippen molar-refractivity contribution in [1.82, 2.24) is 9.88 Å². The lowest BCUT2D eigenvalue weighted by Crippen LogP contribution is -2.39. The van der Waals surface area contributed by atoms with Crippen LogP contribution in [0.1, 0.15) is 58.6 Å². The third kappa shape index (κ3) is 3.41. The Morgan fingerprint density at radius 1 is 1.26 bits per heavy atom. The van der Waals surface area contributed by atoms with Crippen molar-refractivity contribution in [3.05, 3.63) is 68.7 Å². The van der Waals surface area contributed by atoms with E-state index in [1.807, 2.05) is 43.0 Å². The molecule has 3 heterocycles. The first kappa shape index (κ1) is 20.4. The average molecular weight is 482 g/mol. The number of aromatic nitrogens is 1. The summed E-state index contributed by atoms with van der Waals surface area (Å²) in [5.74, 6) is 0.482. The van der Waals surface area contributed by atoms with Crippen molar-refractivity contribution >= 4 is 38.6 Å². The first-order valence-electron chi connectivity index (χ1n) is 10.5. The van der Waals surface area contributed by atoms with Gasteiger partial charge in [-0.15, -0.1) is 0 Å². The summed E-state index contributed by atoms with van der Waals surface area (Å²) in [6.07, 6.45) is -0.0892. The number of pyridine rings is 1. The number of fused-ring (bicyclic) bond motifs is 4. The van der Waals surface area contributed by atoms with Gasteiger partial charge < -0.3 is 20.1 Å². The van der Waals surface area contributed by atoms with Crippen molar-refractivity contribution in [2.24, 2.45) is 0 Å². The van der Waals surface area contributed by atoms with Gasteiger partial charge in [0.2, 0.25) is 0 Å². The summed E-state index contributed by atoms with van der Waals surface area (Å²) in [5, 5.41) is 0.930. The first-order chi connectivity index (χ1) is 15.0. The van der Waals surface area contributed by atoms with Crippen molar-refractivity contribution < 1.29 is 14.3 Å². The Morgan fingerprint density at radius 2 is 2.10 bits per heavy atom. The molecule has 0 saturated carbocycles. The van der Waals surface area contributed by atoms with E-state index >= 15 is 0 Å². The average Bonchev–Trinajstić information content (AvgIpc) is 3.16. The topological polar surface area (TPSA) is 77.7 Å². The molecule has 0 bridgehead atoms. The van der Waals surface area contributed by atoms with Gasteiger partial charge >= 0.3 is 0 Å². The van der Waals surface area contributed by atoms with Crippen LogP contribution in [0.3, 0.4) is 0 Å². The fourth-order valence-electron chi connectivity index (χ4n) is 4.72. The molecular weight excluding hydrogens is 458 g/mol. The number of anilines is 1. The Morgan fingerprint density at radius 3 is 2.90 bits per heavy atom. The highest BCUT2D eigenvalue weighted by Crippen LogP contribution is 2.38. The molecule has 2 aromatic carbocycles. The molecule has 0 saturated heterocycles. The first-order valence-corrected chi connectivity index (χ1v) is 11.3. The minimum Gasteiger partial charge on any atom is -0.383 e. The number of nitrogens with zero attached hydrogens (tertiary/aromatic N) is 2. The van der Waals surface area contributed by atoms with Crippen molar-refractivity contribution in [2.45, 2.75) is 39.2 Å². The van der Waals surface area contributed by atoms with E-state index < -0.39 is 0 Å². The predicted octanol–water partition coefficient (Wildman–Crippen LogP) is 4.90. The highest BCUT2D eigenvalue weighted by atomic mass is 79.9. The Labute approximate surface area is 189 Å². The second-order valence-corrected chi connectivity index (χ2v) is 8.96. The van der Waals surface area contributed by atoms with E-state index in [1.165, 1.54) is 0 Å². The normalized spacial score (nSPS) is 19.8. The molecule has 7 heteroatoms. The number of likely N-dealkylation sites (N-methyl/N-ethyl adjacent to an activating group) is 1. The lowest BCUT2D eigenvalue weighted by Gasteiger charge is -2.35. The van der Waals surface area contributed by atoms with Crippen molar-refractivity contribution in [2.75, 3.05) is 18.9 Å². The van der Waals surface area contributed by atoms with Crippen LogP contribution in [-0.4, -0.2) is 28.9 Å². The third-order valence-corrected chi connectivity index (χ3v) is 6.76. The van der Waals surface area contributed by atoms with Crippen LogP contribution in [0.5, 0.6) is 0 Å². The van der Waals surface area contributed by atoms with Crippen LogP contribution in [0.25, 0.3) is 10.9 Å². The van der Waals surface area contributed by atoms with Crippen LogP contribution in [0.15, 0.2) is 40.9 Å². The molecule has 31 heavy (non-hydrogen) atoms. The molecule has 2 aliphatic rings. The Balaban J connectivity index is 1.55. The van der Waals surface area contributed by atoms with Gasteiger partial charge in [0.25, 0.3) is 5.91 Å². The summed E-state index contributed by atoms with van der Waals surface area (Å²) in [7, 11) is 0. The SMILES string of the molecule is CCN(C(=O)c1ccc2nc(N)c3c(c2c1)CO[C@@H]3C)[C@H]1COCc2cc(Br)ccc21. The van der Waals surface area contributed by atoms with Gasteiger partial charge in [0.1, 0.15) is 5.82 Å². The van der Waals surface area contributed by atoms with Crippen molar-refractivity contribution in [3.8, 4) is 0 Å². The summed E-state index contributed by atoms with van der Waals surface area (Å²) in [6, 6.07) is 11.7. The number of hydrogen-bond donors (Lipinski definition) is 1. The van der Waals surface area contributed by atoms with E-state index in [0.29, 0.717) is 37.7 Å². The van der Waals surface area contributed by atoms with Crippen LogP contribution in [-0.2, 0) is 22.7 Å². The quantitative estimate of drug-likeness (QED) is 0.575. The molecule has 1 aromatic heterocycles. The standard InChI is InChI=1S/C24H24BrN3O3/c1-3-28(21-12-30-10-15-8-16(25)5-6-17(15)21)24(29)14-4-7-20-18(9-14)19-11-31-13(2)22(19)23(26)27-20/h4-9,13,21H,3,10-12H2,1-2H3,(H2,26,27)/t13-,21+/m1/s1. The minimum absolute atomic E-state index is 0.0219. The number of amides is 1. The molecular formula is C24H24BrN3O3. The van der Waals surface area contributed by atoms with E-state index in [4.69, 9.17) is 15.2 Å². The fraction of sp³-hybridized carbons (Fsp3) is 0.333. The maximum Gasteiger partial charge on any atom is 0.254 e. The molecule has 0 spiro atoms. The number of rotatable bonds is 3. The van der Waals surface area contributed by atoms with Gasteiger partial charge in [0.15, 0.2) is 0 Å². The lowest BCUT2D eigenvalue weighted by atomic mass is 9.96. The molecule has 0 unspecified atom stereocenters. The highest BCUT2D eigenvalue weighted by Gasteiger charge is 2.31. The third-order valence-electron chi connectivity index (χ3n) is 6.27. The molecule has 0 radical (unpaired) electrons. The summed E-state index contributed by atoms with van der Waals surface area (Å²) in [6.45, 7) is 6.08. The lowest BCUT2D eigenvalue weighted by molar-refractivity contribution is 0.0285. The molecule has 5 rings (SSSR count). The van der Waals surface area contributed by atoms with E-state index in [9.17, 15) is 4.79 Å². The molecule has 0 aliphatic carbocycles. The van der Waals surface area contributed by atoms with Crippen LogP contribution in [0.2, 0.25) is 0 Å². The Kier molecular flexibility index (Phi) is 5.20. The molecule has 2 N–H and O–H groups in total. The van der Waals surface area contributed by atoms with E-state index in [-0.39, 0.29) is 18.1 Å². The highest BCUT2D eigenvalue weighted by molar-refractivity contribution is 9.10. The monoisotopic (exact) mass is 481 g/mol. The van der Waals surface area contributed by atoms with E-state index in [0.717, 1.165) is 37.6 Å². The maximum absolute atomic E-state index is 13.6. The number of halogens is 1. The molecule has 2 aliphatic heterocycles. The van der Waals surface area contributed by atoms with E-state index in [2.05, 4.69) is 33.0 Å². The molecule has 0 fully saturated rings. The summed E-state index contributed by atoms with van der Waals surface area (Å²) < 4.78 is 12.6. The van der Waals surface area contributed by atoms with Gasteiger partial charge in [-0.05, 0) is 60.9 Å². The zero-order valence-corrected chi connectivity index (χ0v) is 19.1. The second-order valence-electron chi connectivity index (χ2n) is 8.04. The van der Waals surface area contributed by atoms with Gasteiger partial charge in [-0.2, -0.15) is 0 Å². The number of benzene rings is 2. The largest absolute Gasteiger partial charge is 0.383 e. The van der Waals surface area contributed by atoms with Crippen LogP contribution in [0, 0.1) is 0 Å². The van der Waals surface area contributed by atoms with Gasteiger partial charge in [-0.1, -0.05) is 22.0 Å². The number of carbonyl (C=O) groups is 1. The number of carbonyl (C=O) groups excluding carboxylic acids is 1. The van der Waals surface area contributed by atoms with Gasteiger partial charge in [0, 0.05) is 27.5 Å². The smallest absolute Gasteiger partial charge is 0.254 e. The summed E-state index contributed by atoms with van der Waals surface area (Å²) in [5.41, 5.74) is 11.8. The number of nitrogen functional groups attached to an aromatic ring is 1. The zero-order valence-electron chi connectivity index (χ0n) is 17.5. The number of nitrogens with two attached hydrogens (primary N) is 1. The molecule has 3 aromatic rings. The molecule has 1 amide bonds. The Bertz CT molecular complexity index is 1200. The van der Waals surface area contributed by atoms with Crippen LogP contribution in [0.4, 0.5) is 5.82 Å². The van der Waals surface area contributed by atoms with Crippen LogP contribution < -0.4 is 5.73 Å².